The Morgan fingerprint density at radius 1 is 1.13 bits per heavy atom. The number of hydrogen-bond donors (Lipinski definition) is 0. The molecule has 2 heteroatoms. The van der Waals surface area contributed by atoms with Crippen molar-refractivity contribution < 1.29 is 9.53 Å². The van der Waals surface area contributed by atoms with E-state index in [-0.39, 0.29) is 23.9 Å². The fourth-order valence-electron chi connectivity index (χ4n) is 3.83. The molecule has 1 fully saturated rings. The van der Waals surface area contributed by atoms with E-state index in [1.54, 1.807) is 0 Å². The molecule has 3 atom stereocenters. The Morgan fingerprint density at radius 2 is 1.91 bits per heavy atom. The SMILES string of the molecule is C=CC(=O)OC1C(C2=CCCC=C2)CCCC1c1ccccc1. The van der Waals surface area contributed by atoms with Gasteiger partial charge in [-0.15, -0.1) is 0 Å². The number of carbonyl (C=O) groups is 1. The summed E-state index contributed by atoms with van der Waals surface area (Å²) in [6.45, 7) is 3.56. The zero-order chi connectivity index (χ0) is 16.1. The normalized spacial score (nSPS) is 27.1. The molecule has 0 bridgehead atoms. The highest BCUT2D eigenvalue weighted by molar-refractivity contribution is 5.81. The molecule has 2 aliphatic carbocycles. The van der Waals surface area contributed by atoms with E-state index in [4.69, 9.17) is 4.74 Å². The molecule has 0 saturated heterocycles. The Hall–Kier alpha value is -2.09. The standard InChI is InChI=1S/C21H24O2/c1-2-20(22)23-21-18(16-10-5-3-6-11-16)14-9-15-19(21)17-12-7-4-8-13-17/h2-3,5-7,10-13,18-19,21H,1,4,8-9,14-15H2. The first-order valence-corrected chi connectivity index (χ1v) is 8.54. The van der Waals surface area contributed by atoms with Gasteiger partial charge in [0.2, 0.25) is 0 Å². The third-order valence-electron chi connectivity index (χ3n) is 4.92. The number of hydrogen-bond acceptors (Lipinski definition) is 2. The summed E-state index contributed by atoms with van der Waals surface area (Å²) in [6.07, 6.45) is 13.4. The second kappa shape index (κ2) is 7.45. The summed E-state index contributed by atoms with van der Waals surface area (Å²) in [6, 6.07) is 10.4. The summed E-state index contributed by atoms with van der Waals surface area (Å²) < 4.78 is 5.84. The number of allylic oxidation sites excluding steroid dienone is 3. The minimum absolute atomic E-state index is 0.106. The number of esters is 1. The smallest absolute Gasteiger partial charge is 0.330 e. The van der Waals surface area contributed by atoms with Crippen molar-refractivity contribution in [2.45, 2.75) is 44.1 Å². The molecule has 23 heavy (non-hydrogen) atoms. The van der Waals surface area contributed by atoms with Crippen LogP contribution in [0.25, 0.3) is 0 Å². The highest BCUT2D eigenvalue weighted by atomic mass is 16.5. The minimum atomic E-state index is -0.316. The molecule has 3 unspecified atom stereocenters. The lowest BCUT2D eigenvalue weighted by Crippen LogP contribution is -2.37. The van der Waals surface area contributed by atoms with Crippen LogP contribution in [0.2, 0.25) is 0 Å². The molecule has 1 saturated carbocycles. The van der Waals surface area contributed by atoms with Crippen LogP contribution in [-0.2, 0) is 9.53 Å². The molecule has 3 rings (SSSR count). The van der Waals surface area contributed by atoms with Gasteiger partial charge in [0.05, 0.1) is 0 Å². The lowest BCUT2D eigenvalue weighted by Gasteiger charge is -2.39. The van der Waals surface area contributed by atoms with Gasteiger partial charge in [-0.25, -0.2) is 4.79 Å². The second-order valence-electron chi connectivity index (χ2n) is 6.34. The fraction of sp³-hybridized carbons (Fsp3) is 0.381. The van der Waals surface area contributed by atoms with Crippen LogP contribution in [0.5, 0.6) is 0 Å². The van der Waals surface area contributed by atoms with Crippen LogP contribution in [0.1, 0.15) is 43.6 Å². The van der Waals surface area contributed by atoms with Crippen molar-refractivity contribution in [3.8, 4) is 0 Å². The van der Waals surface area contributed by atoms with Gasteiger partial charge < -0.3 is 4.74 Å². The van der Waals surface area contributed by atoms with Crippen molar-refractivity contribution in [3.63, 3.8) is 0 Å². The molecule has 0 spiro atoms. The van der Waals surface area contributed by atoms with E-state index in [0.717, 1.165) is 32.1 Å². The van der Waals surface area contributed by atoms with Crippen LogP contribution in [0.15, 0.2) is 66.8 Å². The molecule has 2 nitrogen and oxygen atoms in total. The summed E-state index contributed by atoms with van der Waals surface area (Å²) >= 11 is 0. The third kappa shape index (κ3) is 3.64. The van der Waals surface area contributed by atoms with Gasteiger partial charge in [0.15, 0.2) is 0 Å². The first-order chi connectivity index (χ1) is 11.3. The Morgan fingerprint density at radius 3 is 2.61 bits per heavy atom. The number of benzene rings is 1. The Bertz CT molecular complexity index is 612. The average molecular weight is 308 g/mol. The monoisotopic (exact) mass is 308 g/mol. The number of rotatable bonds is 4. The lowest BCUT2D eigenvalue weighted by molar-refractivity contribution is -0.147. The van der Waals surface area contributed by atoms with Crippen molar-refractivity contribution >= 4 is 5.97 Å². The first kappa shape index (κ1) is 15.8. The van der Waals surface area contributed by atoms with Gasteiger partial charge in [-0.1, -0.05) is 61.6 Å². The molecule has 0 N–H and O–H groups in total. The van der Waals surface area contributed by atoms with Gasteiger partial charge >= 0.3 is 5.97 Å². The number of carbonyl (C=O) groups excluding carboxylic acids is 1. The Kier molecular flexibility index (Phi) is 5.12. The van der Waals surface area contributed by atoms with Crippen molar-refractivity contribution in [3.05, 3.63) is 72.4 Å². The van der Waals surface area contributed by atoms with Crippen molar-refractivity contribution in [1.82, 2.24) is 0 Å². The maximum atomic E-state index is 11.9. The van der Waals surface area contributed by atoms with Crippen LogP contribution in [0, 0.1) is 5.92 Å². The van der Waals surface area contributed by atoms with Gasteiger partial charge in [0.1, 0.15) is 6.10 Å². The highest BCUT2D eigenvalue weighted by Crippen LogP contribution is 2.42. The molecule has 0 amide bonds. The summed E-state index contributed by atoms with van der Waals surface area (Å²) in [5.41, 5.74) is 2.60. The molecule has 0 radical (unpaired) electrons. The van der Waals surface area contributed by atoms with Crippen LogP contribution in [0.4, 0.5) is 0 Å². The summed E-state index contributed by atoms with van der Waals surface area (Å²) in [5.74, 6) is 0.229. The zero-order valence-electron chi connectivity index (χ0n) is 13.5. The minimum Gasteiger partial charge on any atom is -0.458 e. The average Bonchev–Trinajstić information content (AvgIpc) is 2.63. The van der Waals surface area contributed by atoms with E-state index < -0.39 is 0 Å². The topological polar surface area (TPSA) is 26.3 Å². The molecular formula is C21H24O2. The van der Waals surface area contributed by atoms with E-state index in [1.807, 2.05) is 6.07 Å². The Labute approximate surface area is 138 Å². The maximum Gasteiger partial charge on any atom is 0.330 e. The lowest BCUT2D eigenvalue weighted by atomic mass is 9.72. The van der Waals surface area contributed by atoms with E-state index in [9.17, 15) is 4.79 Å². The predicted octanol–water partition coefficient (Wildman–Crippen LogP) is 4.94. The molecule has 120 valence electrons. The number of ether oxygens (including phenoxy) is 1. The van der Waals surface area contributed by atoms with Gasteiger partial charge in [-0.05, 0) is 36.8 Å². The maximum absolute atomic E-state index is 11.9. The predicted molar refractivity (Wildman–Crippen MR) is 93.1 cm³/mol. The third-order valence-corrected chi connectivity index (χ3v) is 4.92. The van der Waals surface area contributed by atoms with Gasteiger partial charge in [0.25, 0.3) is 0 Å². The van der Waals surface area contributed by atoms with Crippen LogP contribution >= 0.6 is 0 Å². The van der Waals surface area contributed by atoms with Crippen LogP contribution in [-0.4, -0.2) is 12.1 Å². The van der Waals surface area contributed by atoms with E-state index in [1.165, 1.54) is 17.2 Å². The quantitative estimate of drug-likeness (QED) is 0.581. The summed E-state index contributed by atoms with van der Waals surface area (Å²) in [7, 11) is 0. The van der Waals surface area contributed by atoms with Gasteiger partial charge in [0, 0.05) is 17.9 Å². The highest BCUT2D eigenvalue weighted by Gasteiger charge is 2.38. The molecule has 0 heterocycles. The Balaban J connectivity index is 1.91. The van der Waals surface area contributed by atoms with Crippen molar-refractivity contribution in [1.29, 1.82) is 0 Å². The molecule has 0 aromatic heterocycles. The van der Waals surface area contributed by atoms with Crippen molar-refractivity contribution in [2.75, 3.05) is 0 Å². The van der Waals surface area contributed by atoms with Crippen LogP contribution < -0.4 is 0 Å². The van der Waals surface area contributed by atoms with Crippen molar-refractivity contribution in [2.24, 2.45) is 5.92 Å². The van der Waals surface area contributed by atoms with E-state index in [0.29, 0.717) is 0 Å². The first-order valence-electron chi connectivity index (χ1n) is 8.54. The molecule has 1 aromatic carbocycles. The van der Waals surface area contributed by atoms with Gasteiger partial charge in [-0.3, -0.25) is 0 Å². The van der Waals surface area contributed by atoms with Gasteiger partial charge in [-0.2, -0.15) is 0 Å². The largest absolute Gasteiger partial charge is 0.458 e. The van der Waals surface area contributed by atoms with E-state index in [2.05, 4.69) is 49.1 Å². The zero-order valence-corrected chi connectivity index (χ0v) is 13.5. The van der Waals surface area contributed by atoms with Crippen LogP contribution in [0.3, 0.4) is 0 Å². The molecule has 2 aliphatic rings. The summed E-state index contributed by atoms with van der Waals surface area (Å²) in [5, 5.41) is 0. The molecular weight excluding hydrogens is 284 g/mol. The second-order valence-corrected chi connectivity index (χ2v) is 6.34. The molecule has 0 aliphatic heterocycles. The summed E-state index contributed by atoms with van der Waals surface area (Å²) in [4.78, 5) is 11.9. The molecule has 1 aromatic rings. The fourth-order valence-corrected chi connectivity index (χ4v) is 3.83. The van der Waals surface area contributed by atoms with E-state index >= 15 is 0 Å².